The minimum atomic E-state index is -0.510. The van der Waals surface area contributed by atoms with Crippen LogP contribution in [0.5, 0.6) is 0 Å². The molecule has 5 rings (SSSR count). The molecule has 2 N–H and O–H groups in total. The lowest BCUT2D eigenvalue weighted by molar-refractivity contribution is -0.181. The number of aromatic nitrogens is 1. The Kier molecular flexibility index (Phi) is 7.94. The first-order valence-electron chi connectivity index (χ1n) is 14.2. The minimum absolute atomic E-state index is 0.00761. The summed E-state index contributed by atoms with van der Waals surface area (Å²) in [6, 6.07) is 14.3. The predicted molar refractivity (Wildman–Crippen MR) is 145 cm³/mol. The molecule has 3 fully saturated rings. The van der Waals surface area contributed by atoms with Crippen molar-refractivity contribution < 1.29 is 14.3 Å². The summed E-state index contributed by atoms with van der Waals surface area (Å²) in [6.07, 6.45) is 13.3. The second kappa shape index (κ2) is 11.3. The largest absolute Gasteiger partial charge is 0.461 e. The number of aryl methyl sites for hydroxylation is 1. The van der Waals surface area contributed by atoms with Gasteiger partial charge in [-0.3, -0.25) is 14.6 Å². The van der Waals surface area contributed by atoms with E-state index in [9.17, 15) is 9.59 Å². The fraction of sp³-hybridized carbons (Fsp3) is 0.581. The molecule has 6 nitrogen and oxygen atoms in total. The number of ether oxygens (including phenoxy) is 1. The van der Waals surface area contributed by atoms with E-state index in [0.717, 1.165) is 81.3 Å². The maximum absolute atomic E-state index is 13.9. The van der Waals surface area contributed by atoms with Crippen LogP contribution >= 0.6 is 0 Å². The van der Waals surface area contributed by atoms with E-state index in [1.54, 1.807) is 6.20 Å². The molecule has 1 spiro atoms. The van der Waals surface area contributed by atoms with Gasteiger partial charge in [0.05, 0.1) is 5.41 Å². The second-order valence-corrected chi connectivity index (χ2v) is 11.5. The third-order valence-electron chi connectivity index (χ3n) is 9.12. The standard InChI is InChI=1S/C31H41N3O3/c1-23-21-25(14-19-32-23)34-28(35)12-11-26-22-30(18-20-33-26)17-13-27(30)37-29(36)31(15-7-2-3-8-16-31)24-9-5-4-6-10-24/h4-6,9-10,14,19,21,26-27,33H,2-3,7-8,11-13,15-18,20,22H2,1H3,(H,32,34,35)/t26?,27-,30?/m0/s1. The fourth-order valence-electron chi connectivity index (χ4n) is 6.86. The number of hydrogen-bond acceptors (Lipinski definition) is 5. The Morgan fingerprint density at radius 3 is 2.54 bits per heavy atom. The Morgan fingerprint density at radius 2 is 1.84 bits per heavy atom. The maximum atomic E-state index is 13.9. The highest BCUT2D eigenvalue weighted by atomic mass is 16.5. The van der Waals surface area contributed by atoms with Gasteiger partial charge < -0.3 is 15.4 Å². The van der Waals surface area contributed by atoms with Crippen LogP contribution in [-0.4, -0.2) is 35.6 Å². The van der Waals surface area contributed by atoms with Gasteiger partial charge in [0.25, 0.3) is 0 Å². The average Bonchev–Trinajstić information content (AvgIpc) is 3.18. The number of carbonyl (C=O) groups is 2. The van der Waals surface area contributed by atoms with E-state index in [-0.39, 0.29) is 29.4 Å². The summed E-state index contributed by atoms with van der Waals surface area (Å²) in [6.45, 7) is 2.83. The van der Waals surface area contributed by atoms with Crippen LogP contribution in [0, 0.1) is 12.3 Å². The van der Waals surface area contributed by atoms with Crippen molar-refractivity contribution in [1.29, 1.82) is 0 Å². The molecule has 0 radical (unpaired) electrons. The van der Waals surface area contributed by atoms with Crippen molar-refractivity contribution in [2.45, 2.75) is 102 Å². The van der Waals surface area contributed by atoms with Crippen molar-refractivity contribution >= 4 is 17.6 Å². The summed E-state index contributed by atoms with van der Waals surface area (Å²) in [5, 5.41) is 6.61. The van der Waals surface area contributed by atoms with E-state index in [4.69, 9.17) is 4.74 Å². The first kappa shape index (κ1) is 25.9. The summed E-state index contributed by atoms with van der Waals surface area (Å²) < 4.78 is 6.44. The molecular weight excluding hydrogens is 462 g/mol. The normalized spacial score (nSPS) is 27.1. The molecule has 1 saturated heterocycles. The van der Waals surface area contributed by atoms with Crippen molar-refractivity contribution in [2.75, 3.05) is 11.9 Å². The van der Waals surface area contributed by atoms with E-state index >= 15 is 0 Å². The summed E-state index contributed by atoms with van der Waals surface area (Å²) in [5.74, 6) is 0.0218. The Balaban J connectivity index is 1.20. The van der Waals surface area contributed by atoms with Gasteiger partial charge in [-0.1, -0.05) is 56.0 Å². The van der Waals surface area contributed by atoms with E-state index in [2.05, 4.69) is 27.8 Å². The smallest absolute Gasteiger partial charge is 0.316 e. The molecule has 1 aliphatic heterocycles. The number of esters is 1. The number of pyridine rings is 1. The van der Waals surface area contributed by atoms with Crippen molar-refractivity contribution in [3.8, 4) is 0 Å². The van der Waals surface area contributed by atoms with E-state index in [1.807, 2.05) is 37.3 Å². The van der Waals surface area contributed by atoms with Crippen LogP contribution in [0.2, 0.25) is 0 Å². The summed E-state index contributed by atoms with van der Waals surface area (Å²) in [5.41, 5.74) is 2.34. The molecule has 2 unspecified atom stereocenters. The average molecular weight is 504 g/mol. The van der Waals surface area contributed by atoms with Gasteiger partial charge in [-0.2, -0.15) is 0 Å². The molecular formula is C31H41N3O3. The zero-order chi connectivity index (χ0) is 25.7. The molecule has 2 aliphatic carbocycles. The van der Waals surface area contributed by atoms with Crippen LogP contribution in [0.3, 0.4) is 0 Å². The fourth-order valence-corrected chi connectivity index (χ4v) is 6.86. The number of carbonyl (C=O) groups excluding carboxylic acids is 2. The number of amides is 1. The molecule has 2 aromatic rings. The molecule has 1 aromatic carbocycles. The van der Waals surface area contributed by atoms with Gasteiger partial charge in [0.15, 0.2) is 0 Å². The molecule has 2 heterocycles. The van der Waals surface area contributed by atoms with Gasteiger partial charge in [-0.05, 0) is 76.1 Å². The maximum Gasteiger partial charge on any atom is 0.316 e. The first-order valence-corrected chi connectivity index (χ1v) is 14.2. The molecule has 198 valence electrons. The molecule has 2 saturated carbocycles. The lowest BCUT2D eigenvalue weighted by Crippen LogP contribution is -2.57. The number of piperidine rings is 1. The van der Waals surface area contributed by atoms with E-state index < -0.39 is 5.41 Å². The van der Waals surface area contributed by atoms with Crippen molar-refractivity contribution in [3.63, 3.8) is 0 Å². The number of benzene rings is 1. The van der Waals surface area contributed by atoms with Gasteiger partial charge in [-0.25, -0.2) is 0 Å². The zero-order valence-corrected chi connectivity index (χ0v) is 22.1. The monoisotopic (exact) mass is 503 g/mol. The van der Waals surface area contributed by atoms with Crippen LogP contribution in [0.4, 0.5) is 5.69 Å². The van der Waals surface area contributed by atoms with E-state index in [0.29, 0.717) is 6.42 Å². The quantitative estimate of drug-likeness (QED) is 0.366. The Hall–Kier alpha value is -2.73. The topological polar surface area (TPSA) is 80.3 Å². The summed E-state index contributed by atoms with van der Waals surface area (Å²) in [4.78, 5) is 30.7. The molecule has 3 aliphatic rings. The van der Waals surface area contributed by atoms with E-state index in [1.165, 1.54) is 12.8 Å². The number of hydrogen-bond donors (Lipinski definition) is 2. The van der Waals surface area contributed by atoms with Gasteiger partial charge in [0, 0.05) is 35.5 Å². The molecule has 1 amide bonds. The highest BCUT2D eigenvalue weighted by Gasteiger charge is 2.53. The van der Waals surface area contributed by atoms with Gasteiger partial charge in [0.1, 0.15) is 6.10 Å². The van der Waals surface area contributed by atoms with Crippen LogP contribution in [0.1, 0.15) is 88.3 Å². The highest BCUT2D eigenvalue weighted by Crippen LogP contribution is 2.52. The number of nitrogens with one attached hydrogen (secondary N) is 2. The van der Waals surface area contributed by atoms with Crippen LogP contribution < -0.4 is 10.6 Å². The van der Waals surface area contributed by atoms with Crippen molar-refractivity contribution in [1.82, 2.24) is 10.3 Å². The van der Waals surface area contributed by atoms with Crippen molar-refractivity contribution in [3.05, 3.63) is 59.9 Å². The first-order chi connectivity index (χ1) is 18.0. The molecule has 37 heavy (non-hydrogen) atoms. The van der Waals surface area contributed by atoms with Crippen LogP contribution in [0.25, 0.3) is 0 Å². The number of rotatable bonds is 7. The lowest BCUT2D eigenvalue weighted by atomic mass is 9.59. The molecule has 3 atom stereocenters. The van der Waals surface area contributed by atoms with Gasteiger partial charge >= 0.3 is 5.97 Å². The molecule has 0 bridgehead atoms. The highest BCUT2D eigenvalue weighted by molar-refractivity contribution is 5.90. The van der Waals surface area contributed by atoms with Crippen LogP contribution in [0.15, 0.2) is 48.7 Å². The minimum Gasteiger partial charge on any atom is -0.461 e. The van der Waals surface area contributed by atoms with Crippen LogP contribution in [-0.2, 0) is 19.7 Å². The number of nitrogens with zero attached hydrogens (tertiary/aromatic N) is 1. The van der Waals surface area contributed by atoms with Crippen molar-refractivity contribution in [2.24, 2.45) is 5.41 Å². The second-order valence-electron chi connectivity index (χ2n) is 11.5. The third kappa shape index (κ3) is 5.74. The molecule has 6 heteroatoms. The Morgan fingerprint density at radius 1 is 1.05 bits per heavy atom. The van der Waals surface area contributed by atoms with Gasteiger partial charge in [-0.15, -0.1) is 0 Å². The lowest BCUT2D eigenvalue weighted by Gasteiger charge is -2.53. The predicted octanol–water partition coefficient (Wildman–Crippen LogP) is 5.84. The SMILES string of the molecule is Cc1cc(NC(=O)CCC2CC3(CCN2)CC[C@@H]3OC(=O)C2(c3ccccc3)CCCCCC2)ccn1. The third-order valence-corrected chi connectivity index (χ3v) is 9.12. The summed E-state index contributed by atoms with van der Waals surface area (Å²) >= 11 is 0. The summed E-state index contributed by atoms with van der Waals surface area (Å²) in [7, 11) is 0. The van der Waals surface area contributed by atoms with Gasteiger partial charge in [0.2, 0.25) is 5.91 Å². The zero-order valence-electron chi connectivity index (χ0n) is 22.1. The number of anilines is 1. The molecule has 1 aromatic heterocycles. The Labute approximate surface area is 221 Å². The Bertz CT molecular complexity index is 1080.